The highest BCUT2D eigenvalue weighted by Gasteiger charge is 2.25. The fourth-order valence-electron chi connectivity index (χ4n) is 3.67. The number of hydrogen-bond donors (Lipinski definition) is 0. The van der Waals surface area contributed by atoms with E-state index in [2.05, 4.69) is 27.8 Å². The number of thioether (sulfide) groups is 1. The van der Waals surface area contributed by atoms with Gasteiger partial charge in [0.1, 0.15) is 5.75 Å². The molecule has 0 N–H and O–H groups in total. The van der Waals surface area contributed by atoms with E-state index in [1.165, 1.54) is 17.3 Å². The van der Waals surface area contributed by atoms with Gasteiger partial charge in [-0.05, 0) is 48.7 Å². The Morgan fingerprint density at radius 1 is 1.13 bits per heavy atom. The van der Waals surface area contributed by atoms with Crippen molar-refractivity contribution in [2.45, 2.75) is 37.9 Å². The Morgan fingerprint density at radius 2 is 1.93 bits per heavy atom. The van der Waals surface area contributed by atoms with Crippen molar-refractivity contribution in [1.82, 2.24) is 14.8 Å². The van der Waals surface area contributed by atoms with Crippen molar-refractivity contribution in [2.24, 2.45) is 0 Å². The van der Waals surface area contributed by atoms with Gasteiger partial charge in [-0.15, -0.1) is 10.2 Å². The van der Waals surface area contributed by atoms with E-state index >= 15 is 0 Å². The third-order valence-corrected chi connectivity index (χ3v) is 6.26. The Labute approximate surface area is 181 Å². The molecule has 0 bridgehead atoms. The quantitative estimate of drug-likeness (QED) is 0.503. The van der Waals surface area contributed by atoms with Crippen LogP contribution in [0.25, 0.3) is 11.4 Å². The molecule has 0 atom stereocenters. The van der Waals surface area contributed by atoms with Crippen LogP contribution in [0.1, 0.15) is 25.3 Å². The molecule has 2 heterocycles. The van der Waals surface area contributed by atoms with E-state index in [4.69, 9.17) is 4.74 Å². The fraction of sp³-hybridized carbons (Fsp3) is 0.348. The molecule has 1 aromatic heterocycles. The Kier molecular flexibility index (Phi) is 6.38. The minimum Gasteiger partial charge on any atom is -0.497 e. The van der Waals surface area contributed by atoms with Crippen molar-refractivity contribution in [1.29, 1.82) is 0 Å². The largest absolute Gasteiger partial charge is 0.497 e. The molecule has 0 fully saturated rings. The summed E-state index contributed by atoms with van der Waals surface area (Å²) in [5, 5.41) is 9.62. The second kappa shape index (κ2) is 9.34. The molecule has 1 amide bonds. The SMILES string of the molecule is CCCCn1c(SCC(=O)N2CCc3ccccc32)nnc1-c1ccc(OC)cc1. The van der Waals surface area contributed by atoms with Crippen molar-refractivity contribution in [3.63, 3.8) is 0 Å². The summed E-state index contributed by atoms with van der Waals surface area (Å²) in [6.45, 7) is 3.74. The lowest BCUT2D eigenvalue weighted by atomic mass is 10.2. The van der Waals surface area contributed by atoms with Gasteiger partial charge >= 0.3 is 0 Å². The minimum absolute atomic E-state index is 0.112. The smallest absolute Gasteiger partial charge is 0.237 e. The maximum absolute atomic E-state index is 12.9. The van der Waals surface area contributed by atoms with Crippen LogP contribution in [0.2, 0.25) is 0 Å². The van der Waals surface area contributed by atoms with E-state index in [0.717, 1.165) is 60.3 Å². The number of carbonyl (C=O) groups excluding carboxylic acids is 1. The van der Waals surface area contributed by atoms with Gasteiger partial charge in [-0.1, -0.05) is 43.3 Å². The monoisotopic (exact) mass is 422 g/mol. The van der Waals surface area contributed by atoms with Gasteiger partial charge in [-0.3, -0.25) is 4.79 Å². The number of amides is 1. The predicted octanol–water partition coefficient (Wildman–Crippen LogP) is 4.44. The molecule has 156 valence electrons. The van der Waals surface area contributed by atoms with Crippen LogP contribution in [0.5, 0.6) is 5.75 Å². The molecule has 1 aliphatic rings. The standard InChI is InChI=1S/C23H26N4O2S/c1-3-4-14-27-22(18-9-11-19(29-2)12-10-18)24-25-23(27)30-16-21(28)26-15-13-17-7-5-6-8-20(17)26/h5-12H,3-4,13-16H2,1-2H3. The first-order valence-corrected chi connectivity index (χ1v) is 11.3. The van der Waals surface area contributed by atoms with Gasteiger partial charge in [-0.25, -0.2) is 0 Å². The second-order valence-electron chi connectivity index (χ2n) is 7.25. The average Bonchev–Trinajstić information content (AvgIpc) is 3.40. The first kappa shape index (κ1) is 20.5. The number of para-hydroxylation sites is 1. The van der Waals surface area contributed by atoms with Gasteiger partial charge in [0.05, 0.1) is 12.9 Å². The molecule has 0 unspecified atom stereocenters. The normalized spacial score (nSPS) is 12.8. The summed E-state index contributed by atoms with van der Waals surface area (Å²) < 4.78 is 7.38. The maximum atomic E-state index is 12.9. The van der Waals surface area contributed by atoms with Gasteiger partial charge in [0, 0.05) is 24.3 Å². The van der Waals surface area contributed by atoms with Crippen molar-refractivity contribution in [3.05, 3.63) is 54.1 Å². The third kappa shape index (κ3) is 4.21. The summed E-state index contributed by atoms with van der Waals surface area (Å²) in [6, 6.07) is 16.0. The van der Waals surface area contributed by atoms with Crippen LogP contribution in [0.15, 0.2) is 53.7 Å². The zero-order valence-corrected chi connectivity index (χ0v) is 18.2. The van der Waals surface area contributed by atoms with E-state index < -0.39 is 0 Å². The van der Waals surface area contributed by atoms with E-state index in [-0.39, 0.29) is 5.91 Å². The van der Waals surface area contributed by atoms with Gasteiger partial charge in [0.2, 0.25) is 5.91 Å². The molecular weight excluding hydrogens is 396 g/mol. The average molecular weight is 423 g/mol. The summed E-state index contributed by atoms with van der Waals surface area (Å²) in [5.74, 6) is 2.10. The molecule has 4 rings (SSSR count). The second-order valence-corrected chi connectivity index (χ2v) is 8.20. The first-order valence-electron chi connectivity index (χ1n) is 10.3. The molecule has 1 aliphatic heterocycles. The van der Waals surface area contributed by atoms with E-state index in [1.54, 1.807) is 7.11 Å². The topological polar surface area (TPSA) is 60.2 Å². The van der Waals surface area contributed by atoms with Crippen LogP contribution in [0, 0.1) is 0 Å². The Hall–Kier alpha value is -2.80. The lowest BCUT2D eigenvalue weighted by Crippen LogP contribution is -2.30. The number of benzene rings is 2. The molecule has 2 aromatic carbocycles. The van der Waals surface area contributed by atoms with Gasteiger partial charge in [-0.2, -0.15) is 0 Å². The molecule has 30 heavy (non-hydrogen) atoms. The van der Waals surface area contributed by atoms with Gasteiger partial charge in [0.25, 0.3) is 0 Å². The Balaban J connectivity index is 1.51. The summed E-state index contributed by atoms with van der Waals surface area (Å²) in [5.41, 5.74) is 3.27. The van der Waals surface area contributed by atoms with Crippen LogP contribution in [-0.2, 0) is 17.8 Å². The molecule has 6 nitrogen and oxygen atoms in total. The minimum atomic E-state index is 0.112. The molecular formula is C23H26N4O2S. The van der Waals surface area contributed by atoms with E-state index in [9.17, 15) is 4.79 Å². The van der Waals surface area contributed by atoms with Gasteiger partial charge < -0.3 is 14.2 Å². The highest BCUT2D eigenvalue weighted by atomic mass is 32.2. The summed E-state index contributed by atoms with van der Waals surface area (Å²) in [4.78, 5) is 14.8. The fourth-order valence-corrected chi connectivity index (χ4v) is 4.51. The molecule has 0 saturated carbocycles. The molecule has 3 aromatic rings. The summed E-state index contributed by atoms with van der Waals surface area (Å²) >= 11 is 1.46. The molecule has 0 spiro atoms. The maximum Gasteiger partial charge on any atom is 0.237 e. The van der Waals surface area contributed by atoms with Crippen molar-refractivity contribution in [2.75, 3.05) is 24.3 Å². The summed E-state index contributed by atoms with van der Waals surface area (Å²) in [7, 11) is 1.66. The molecule has 0 saturated heterocycles. The number of carbonyl (C=O) groups is 1. The highest BCUT2D eigenvalue weighted by Crippen LogP contribution is 2.30. The van der Waals surface area contributed by atoms with Crippen LogP contribution in [0.3, 0.4) is 0 Å². The lowest BCUT2D eigenvalue weighted by Gasteiger charge is -2.17. The van der Waals surface area contributed by atoms with E-state index in [1.807, 2.05) is 47.4 Å². The predicted molar refractivity (Wildman–Crippen MR) is 120 cm³/mol. The first-order chi connectivity index (χ1) is 14.7. The molecule has 0 aliphatic carbocycles. The van der Waals surface area contributed by atoms with Crippen molar-refractivity contribution >= 4 is 23.4 Å². The Morgan fingerprint density at radius 3 is 2.70 bits per heavy atom. The third-order valence-electron chi connectivity index (χ3n) is 5.31. The number of ether oxygens (including phenoxy) is 1. The number of unbranched alkanes of at least 4 members (excludes halogenated alkanes) is 1. The van der Waals surface area contributed by atoms with E-state index in [0.29, 0.717) is 5.75 Å². The summed E-state index contributed by atoms with van der Waals surface area (Å²) in [6.07, 6.45) is 3.02. The lowest BCUT2D eigenvalue weighted by molar-refractivity contribution is -0.116. The molecule has 7 heteroatoms. The highest BCUT2D eigenvalue weighted by molar-refractivity contribution is 7.99. The Bertz CT molecular complexity index is 1020. The number of fused-ring (bicyclic) bond motifs is 1. The molecule has 0 radical (unpaired) electrons. The van der Waals surface area contributed by atoms with Crippen LogP contribution in [0.4, 0.5) is 5.69 Å². The van der Waals surface area contributed by atoms with Crippen molar-refractivity contribution in [3.8, 4) is 17.1 Å². The van der Waals surface area contributed by atoms with Crippen LogP contribution >= 0.6 is 11.8 Å². The number of hydrogen-bond acceptors (Lipinski definition) is 5. The number of aromatic nitrogens is 3. The zero-order valence-electron chi connectivity index (χ0n) is 17.4. The van der Waals surface area contributed by atoms with Gasteiger partial charge in [0.15, 0.2) is 11.0 Å². The number of rotatable bonds is 8. The van der Waals surface area contributed by atoms with Crippen LogP contribution < -0.4 is 9.64 Å². The zero-order chi connectivity index (χ0) is 20.9. The number of anilines is 1. The van der Waals surface area contributed by atoms with Crippen molar-refractivity contribution < 1.29 is 9.53 Å². The number of nitrogens with zero attached hydrogens (tertiary/aromatic N) is 4. The number of methoxy groups -OCH3 is 1. The van der Waals surface area contributed by atoms with Crippen LogP contribution in [-0.4, -0.2) is 40.1 Å².